The number of nitrogens with one attached hydrogen (secondary N) is 1. The van der Waals surface area contributed by atoms with Crippen LogP contribution in [-0.4, -0.2) is 65.4 Å². The Bertz CT molecular complexity index is 1010. The van der Waals surface area contributed by atoms with Crippen LogP contribution in [0.25, 0.3) is 10.9 Å². The van der Waals surface area contributed by atoms with Crippen LogP contribution in [0.1, 0.15) is 0 Å². The summed E-state index contributed by atoms with van der Waals surface area (Å²) in [5.74, 6) is 2.21. The summed E-state index contributed by atoms with van der Waals surface area (Å²) in [6.07, 6.45) is 5.09. The van der Waals surface area contributed by atoms with Gasteiger partial charge in [-0.2, -0.15) is 0 Å². The van der Waals surface area contributed by atoms with Gasteiger partial charge in [-0.15, -0.1) is 0 Å². The van der Waals surface area contributed by atoms with Crippen LogP contribution in [0.4, 0.5) is 11.5 Å². The Hall–Kier alpha value is -3.20. The van der Waals surface area contributed by atoms with Gasteiger partial charge >= 0.3 is 0 Å². The zero-order chi connectivity index (χ0) is 20.2. The van der Waals surface area contributed by atoms with E-state index in [9.17, 15) is 0 Å². The van der Waals surface area contributed by atoms with Crippen LogP contribution in [0.2, 0.25) is 0 Å². The Labute approximate surface area is 174 Å². The molecule has 1 aliphatic rings. The monoisotopic (exact) mass is 410 g/mol. The smallest absolute Gasteiger partial charge is 0.173 e. The quantitative estimate of drug-likeness (QED) is 0.653. The molecule has 2 aromatic heterocycles. The van der Waals surface area contributed by atoms with Crippen LogP contribution < -0.4 is 19.7 Å². The number of benzene rings is 1. The number of pyridine rings is 1. The van der Waals surface area contributed by atoms with E-state index in [1.807, 2.05) is 24.3 Å². The predicted molar refractivity (Wildman–Crippen MR) is 117 cm³/mol. The lowest BCUT2D eigenvalue weighted by Crippen LogP contribution is -2.50. The molecule has 1 aromatic carbocycles. The van der Waals surface area contributed by atoms with E-state index >= 15 is 0 Å². The van der Waals surface area contributed by atoms with Gasteiger partial charge < -0.3 is 24.6 Å². The average molecular weight is 411 g/mol. The molecule has 29 heavy (non-hydrogen) atoms. The van der Waals surface area contributed by atoms with Gasteiger partial charge in [-0.25, -0.2) is 9.97 Å². The Kier molecular flexibility index (Phi) is 5.57. The molecule has 0 aliphatic carbocycles. The standard InChI is InChI=1S/C20H22N6O2S/c1-27-17-10-15-16(11-18(17)28-2)22-13-23-19(15)25-6-8-26(9-7-25)20(29)24-14-4-3-5-21-12-14/h3-5,10-13H,6-9H2,1-2H3,(H,24,29). The number of nitrogens with zero attached hydrogens (tertiary/aromatic N) is 5. The number of piperazine rings is 1. The zero-order valence-electron chi connectivity index (χ0n) is 16.3. The Morgan fingerprint density at radius 3 is 2.52 bits per heavy atom. The first-order chi connectivity index (χ1) is 14.2. The third-order valence-corrected chi connectivity index (χ3v) is 5.26. The molecule has 150 valence electrons. The van der Waals surface area contributed by atoms with Crippen molar-refractivity contribution in [3.8, 4) is 11.5 Å². The van der Waals surface area contributed by atoms with Crippen molar-refractivity contribution in [3.63, 3.8) is 0 Å². The van der Waals surface area contributed by atoms with Gasteiger partial charge in [-0.05, 0) is 30.4 Å². The molecule has 1 fully saturated rings. The van der Waals surface area contributed by atoms with Gasteiger partial charge in [0.1, 0.15) is 12.1 Å². The highest BCUT2D eigenvalue weighted by Crippen LogP contribution is 2.34. The van der Waals surface area contributed by atoms with Crippen molar-refractivity contribution in [2.45, 2.75) is 0 Å². The summed E-state index contributed by atoms with van der Waals surface area (Å²) in [4.78, 5) is 17.4. The molecular weight excluding hydrogens is 388 g/mol. The predicted octanol–water partition coefficient (Wildman–Crippen LogP) is 2.56. The van der Waals surface area contributed by atoms with E-state index in [0.717, 1.165) is 48.6 Å². The van der Waals surface area contributed by atoms with Crippen molar-refractivity contribution in [2.24, 2.45) is 0 Å². The number of hydrogen-bond donors (Lipinski definition) is 1. The fraction of sp³-hybridized carbons (Fsp3) is 0.300. The van der Waals surface area contributed by atoms with Gasteiger partial charge in [-0.3, -0.25) is 4.98 Å². The van der Waals surface area contributed by atoms with Crippen LogP contribution >= 0.6 is 12.2 Å². The Morgan fingerprint density at radius 2 is 1.83 bits per heavy atom. The largest absolute Gasteiger partial charge is 0.493 e. The van der Waals surface area contributed by atoms with Crippen molar-refractivity contribution in [2.75, 3.05) is 50.6 Å². The van der Waals surface area contributed by atoms with Crippen LogP contribution in [-0.2, 0) is 0 Å². The SMILES string of the molecule is COc1cc2ncnc(N3CCN(C(=S)Nc4cccnc4)CC3)c2cc1OC. The molecular formula is C20H22N6O2S. The number of rotatable bonds is 4. The number of aromatic nitrogens is 3. The molecule has 0 unspecified atom stereocenters. The average Bonchev–Trinajstić information content (AvgIpc) is 2.78. The molecule has 0 spiro atoms. The van der Waals surface area contributed by atoms with Crippen molar-refractivity contribution in [1.82, 2.24) is 19.9 Å². The van der Waals surface area contributed by atoms with Crippen LogP contribution in [0.5, 0.6) is 11.5 Å². The molecule has 3 heterocycles. The molecule has 4 rings (SSSR count). The lowest BCUT2D eigenvalue weighted by atomic mass is 10.2. The highest BCUT2D eigenvalue weighted by molar-refractivity contribution is 7.80. The number of thiocarbonyl (C=S) groups is 1. The number of anilines is 2. The van der Waals surface area contributed by atoms with E-state index in [0.29, 0.717) is 16.6 Å². The van der Waals surface area contributed by atoms with E-state index in [-0.39, 0.29) is 0 Å². The minimum absolute atomic E-state index is 0.654. The summed E-state index contributed by atoms with van der Waals surface area (Å²) in [6, 6.07) is 7.64. The number of ether oxygens (including phenoxy) is 2. The van der Waals surface area contributed by atoms with Crippen molar-refractivity contribution in [1.29, 1.82) is 0 Å². The molecule has 1 saturated heterocycles. The lowest BCUT2D eigenvalue weighted by molar-refractivity contribution is 0.355. The van der Waals surface area contributed by atoms with Crippen LogP contribution in [0.15, 0.2) is 43.0 Å². The summed E-state index contributed by atoms with van der Waals surface area (Å²) >= 11 is 5.56. The zero-order valence-corrected chi connectivity index (χ0v) is 17.1. The maximum atomic E-state index is 5.56. The van der Waals surface area contributed by atoms with Gasteiger partial charge in [0.25, 0.3) is 0 Å². The minimum atomic E-state index is 0.654. The number of fused-ring (bicyclic) bond motifs is 1. The highest BCUT2D eigenvalue weighted by atomic mass is 32.1. The fourth-order valence-corrected chi connectivity index (χ4v) is 3.68. The van der Waals surface area contributed by atoms with E-state index in [1.54, 1.807) is 32.9 Å². The molecule has 0 amide bonds. The second-order valence-corrected chi connectivity index (χ2v) is 6.95. The first kappa shape index (κ1) is 19.1. The summed E-state index contributed by atoms with van der Waals surface area (Å²) < 4.78 is 10.8. The topological polar surface area (TPSA) is 75.6 Å². The second-order valence-electron chi connectivity index (χ2n) is 6.57. The maximum Gasteiger partial charge on any atom is 0.173 e. The van der Waals surface area contributed by atoms with Gasteiger partial charge in [-0.1, -0.05) is 0 Å². The van der Waals surface area contributed by atoms with Crippen LogP contribution in [0, 0.1) is 0 Å². The van der Waals surface area contributed by atoms with E-state index < -0.39 is 0 Å². The van der Waals surface area contributed by atoms with Gasteiger partial charge in [0.2, 0.25) is 0 Å². The molecule has 0 bridgehead atoms. The first-order valence-electron chi connectivity index (χ1n) is 9.27. The molecule has 9 heteroatoms. The number of methoxy groups -OCH3 is 2. The van der Waals surface area contributed by atoms with Crippen molar-refractivity contribution in [3.05, 3.63) is 43.0 Å². The molecule has 8 nitrogen and oxygen atoms in total. The fourth-order valence-electron chi connectivity index (χ4n) is 3.38. The Balaban J connectivity index is 1.49. The summed E-state index contributed by atoms with van der Waals surface area (Å²) in [5, 5.41) is 4.89. The van der Waals surface area contributed by atoms with E-state index in [4.69, 9.17) is 21.7 Å². The minimum Gasteiger partial charge on any atom is -0.493 e. The molecule has 0 saturated carbocycles. The van der Waals surface area contributed by atoms with Crippen LogP contribution in [0.3, 0.4) is 0 Å². The third kappa shape index (κ3) is 4.00. The first-order valence-corrected chi connectivity index (χ1v) is 9.68. The lowest BCUT2D eigenvalue weighted by Gasteiger charge is -2.37. The second kappa shape index (κ2) is 8.44. The molecule has 1 aliphatic heterocycles. The maximum absolute atomic E-state index is 5.56. The summed E-state index contributed by atoms with van der Waals surface area (Å²) in [7, 11) is 3.25. The summed E-state index contributed by atoms with van der Waals surface area (Å²) in [5.41, 5.74) is 1.71. The van der Waals surface area contributed by atoms with Crippen molar-refractivity contribution < 1.29 is 9.47 Å². The van der Waals surface area contributed by atoms with E-state index in [1.165, 1.54) is 0 Å². The van der Waals surface area contributed by atoms with Gasteiger partial charge in [0, 0.05) is 43.8 Å². The molecule has 0 atom stereocenters. The molecule has 1 N–H and O–H groups in total. The van der Waals surface area contributed by atoms with Gasteiger partial charge in [0.05, 0.1) is 31.6 Å². The highest BCUT2D eigenvalue weighted by Gasteiger charge is 2.22. The normalized spacial score (nSPS) is 14.0. The molecule has 3 aromatic rings. The van der Waals surface area contributed by atoms with E-state index in [2.05, 4.69) is 30.1 Å². The van der Waals surface area contributed by atoms with Crippen molar-refractivity contribution >= 4 is 39.7 Å². The Morgan fingerprint density at radius 1 is 1.07 bits per heavy atom. The number of hydrogen-bond acceptors (Lipinski definition) is 7. The third-order valence-electron chi connectivity index (χ3n) is 4.90. The molecule has 0 radical (unpaired) electrons. The van der Waals surface area contributed by atoms with Gasteiger partial charge in [0.15, 0.2) is 16.6 Å². The summed E-state index contributed by atoms with van der Waals surface area (Å²) in [6.45, 7) is 3.19.